The van der Waals surface area contributed by atoms with Gasteiger partial charge in [0.05, 0.1) is 6.61 Å². The molecule has 3 heteroatoms. The fourth-order valence-corrected chi connectivity index (χ4v) is 0.310. The maximum absolute atomic E-state index is 9.43. The van der Waals surface area contributed by atoms with Crippen molar-refractivity contribution in [2.24, 2.45) is 5.92 Å². The quantitative estimate of drug-likeness (QED) is 0.537. The summed E-state index contributed by atoms with van der Waals surface area (Å²) in [6.45, 7) is 3.59. The second-order valence-electron chi connectivity index (χ2n) is 1.65. The SMILES string of the molecule is CC(CCl)CO[C]=O. The van der Waals surface area contributed by atoms with Gasteiger partial charge in [-0.25, -0.2) is 4.79 Å². The lowest BCUT2D eigenvalue weighted by molar-refractivity contribution is 0.242. The maximum Gasteiger partial charge on any atom is 0.417 e. The van der Waals surface area contributed by atoms with Gasteiger partial charge in [-0.3, -0.25) is 0 Å². The average Bonchev–Trinajstić information content (AvgIpc) is 1.83. The first kappa shape index (κ1) is 7.76. The van der Waals surface area contributed by atoms with Crippen LogP contribution in [0.1, 0.15) is 6.92 Å². The Labute approximate surface area is 53.8 Å². The molecule has 47 valence electrons. The lowest BCUT2D eigenvalue weighted by atomic mass is 10.2. The van der Waals surface area contributed by atoms with Crippen molar-refractivity contribution in [3.05, 3.63) is 0 Å². The number of halogens is 1. The normalized spacial score (nSPS) is 12.8. The van der Waals surface area contributed by atoms with Gasteiger partial charge in [-0.2, -0.15) is 0 Å². The van der Waals surface area contributed by atoms with Gasteiger partial charge in [0.25, 0.3) is 0 Å². The third-order valence-electron chi connectivity index (χ3n) is 0.690. The van der Waals surface area contributed by atoms with Crippen molar-refractivity contribution in [3.63, 3.8) is 0 Å². The minimum absolute atomic E-state index is 0.234. The van der Waals surface area contributed by atoms with Crippen molar-refractivity contribution in [2.75, 3.05) is 12.5 Å². The molecule has 0 fully saturated rings. The molecule has 2 nitrogen and oxygen atoms in total. The molecule has 0 N–H and O–H groups in total. The monoisotopic (exact) mass is 135 g/mol. The molecule has 0 amide bonds. The number of hydrogen-bond donors (Lipinski definition) is 0. The smallest absolute Gasteiger partial charge is 0.417 e. The van der Waals surface area contributed by atoms with Crippen LogP contribution in [0.3, 0.4) is 0 Å². The van der Waals surface area contributed by atoms with Gasteiger partial charge in [0.1, 0.15) is 0 Å². The molecule has 0 saturated carbocycles. The van der Waals surface area contributed by atoms with E-state index in [2.05, 4.69) is 4.74 Å². The molecule has 8 heavy (non-hydrogen) atoms. The molecule has 0 aliphatic carbocycles. The zero-order chi connectivity index (χ0) is 6.41. The van der Waals surface area contributed by atoms with E-state index in [1.165, 1.54) is 6.47 Å². The average molecular weight is 136 g/mol. The highest BCUT2D eigenvalue weighted by Gasteiger charge is 1.97. The number of hydrogen-bond acceptors (Lipinski definition) is 2. The highest BCUT2D eigenvalue weighted by Crippen LogP contribution is 1.96. The Kier molecular flexibility index (Phi) is 4.76. The minimum Gasteiger partial charge on any atom is -0.457 e. The van der Waals surface area contributed by atoms with E-state index in [1.807, 2.05) is 6.92 Å². The Morgan fingerprint density at radius 3 is 2.88 bits per heavy atom. The fourth-order valence-electron chi connectivity index (χ4n) is 0.221. The van der Waals surface area contributed by atoms with E-state index in [4.69, 9.17) is 11.6 Å². The van der Waals surface area contributed by atoms with Crippen LogP contribution in [-0.2, 0) is 9.53 Å². The summed E-state index contributed by atoms with van der Waals surface area (Å²) in [4.78, 5) is 9.43. The summed E-state index contributed by atoms with van der Waals surface area (Å²) in [6.07, 6.45) is 0. The van der Waals surface area contributed by atoms with Crippen molar-refractivity contribution in [2.45, 2.75) is 6.92 Å². The van der Waals surface area contributed by atoms with Crippen LogP contribution in [0, 0.1) is 5.92 Å². The van der Waals surface area contributed by atoms with Crippen LogP contribution in [0.2, 0.25) is 0 Å². The third kappa shape index (κ3) is 3.93. The van der Waals surface area contributed by atoms with E-state index in [-0.39, 0.29) is 5.92 Å². The lowest BCUT2D eigenvalue weighted by Gasteiger charge is -2.01. The van der Waals surface area contributed by atoms with E-state index in [0.29, 0.717) is 12.5 Å². The maximum atomic E-state index is 9.43. The van der Waals surface area contributed by atoms with E-state index in [9.17, 15) is 4.79 Å². The largest absolute Gasteiger partial charge is 0.457 e. The van der Waals surface area contributed by atoms with E-state index >= 15 is 0 Å². The summed E-state index contributed by atoms with van der Waals surface area (Å²) in [5.74, 6) is 0.750. The second-order valence-corrected chi connectivity index (χ2v) is 1.96. The molecule has 0 spiro atoms. The minimum atomic E-state index is 0.234. The summed E-state index contributed by atoms with van der Waals surface area (Å²) in [6, 6.07) is 0. The van der Waals surface area contributed by atoms with E-state index < -0.39 is 0 Å². The van der Waals surface area contributed by atoms with Gasteiger partial charge in [0.2, 0.25) is 0 Å². The summed E-state index contributed by atoms with van der Waals surface area (Å²) >= 11 is 5.38. The number of ether oxygens (including phenoxy) is 1. The van der Waals surface area contributed by atoms with Gasteiger partial charge < -0.3 is 4.74 Å². The van der Waals surface area contributed by atoms with Crippen LogP contribution < -0.4 is 0 Å². The summed E-state index contributed by atoms with van der Waals surface area (Å²) in [7, 11) is 0. The van der Waals surface area contributed by atoms with Crippen molar-refractivity contribution >= 4 is 18.1 Å². The molecule has 1 unspecified atom stereocenters. The zero-order valence-electron chi connectivity index (χ0n) is 4.69. The first-order valence-electron chi connectivity index (χ1n) is 2.36. The molecule has 0 bridgehead atoms. The van der Waals surface area contributed by atoms with Crippen LogP contribution in [0.15, 0.2) is 0 Å². The molecule has 0 aromatic rings. The van der Waals surface area contributed by atoms with E-state index in [1.54, 1.807) is 0 Å². The molecule has 0 heterocycles. The lowest BCUT2D eigenvalue weighted by Crippen LogP contribution is -2.05. The molecule has 0 rings (SSSR count). The van der Waals surface area contributed by atoms with Crippen LogP contribution in [0.4, 0.5) is 0 Å². The van der Waals surface area contributed by atoms with Crippen molar-refractivity contribution in [1.29, 1.82) is 0 Å². The van der Waals surface area contributed by atoms with Gasteiger partial charge in [0, 0.05) is 11.8 Å². The van der Waals surface area contributed by atoms with Gasteiger partial charge >= 0.3 is 6.47 Å². The van der Waals surface area contributed by atoms with Gasteiger partial charge in [0.15, 0.2) is 0 Å². The Balaban J connectivity index is 2.97. The predicted octanol–water partition coefficient (Wildman–Crippen LogP) is 0.945. The molecule has 1 radical (unpaired) electrons. The standard InChI is InChI=1S/C5H8ClO2/c1-5(2-6)3-8-4-7/h5H,2-3H2,1H3. The second kappa shape index (κ2) is 4.91. The van der Waals surface area contributed by atoms with Crippen LogP contribution >= 0.6 is 11.6 Å². The zero-order valence-corrected chi connectivity index (χ0v) is 5.44. The summed E-state index contributed by atoms with van der Waals surface area (Å²) in [5, 5.41) is 0. The van der Waals surface area contributed by atoms with Crippen molar-refractivity contribution in [3.8, 4) is 0 Å². The van der Waals surface area contributed by atoms with Crippen molar-refractivity contribution in [1.82, 2.24) is 0 Å². The molecule has 1 atom stereocenters. The Bertz CT molecular complexity index is 65.4. The number of rotatable bonds is 4. The Morgan fingerprint density at radius 1 is 1.88 bits per heavy atom. The summed E-state index contributed by atoms with van der Waals surface area (Å²) < 4.78 is 4.30. The molecule has 0 aliphatic heterocycles. The molecule has 0 aromatic carbocycles. The summed E-state index contributed by atoms with van der Waals surface area (Å²) in [5.41, 5.74) is 0. The number of carbonyl (C=O) groups excluding carboxylic acids is 1. The van der Waals surface area contributed by atoms with Gasteiger partial charge in [-0.15, -0.1) is 11.6 Å². The third-order valence-corrected chi connectivity index (χ3v) is 1.22. The van der Waals surface area contributed by atoms with Gasteiger partial charge in [-0.05, 0) is 0 Å². The Hall–Kier alpha value is -0.240. The Morgan fingerprint density at radius 2 is 2.50 bits per heavy atom. The van der Waals surface area contributed by atoms with Crippen LogP contribution in [-0.4, -0.2) is 19.0 Å². The molecule has 0 aliphatic rings. The first-order valence-corrected chi connectivity index (χ1v) is 2.89. The van der Waals surface area contributed by atoms with Crippen molar-refractivity contribution < 1.29 is 9.53 Å². The van der Waals surface area contributed by atoms with Crippen LogP contribution in [0.25, 0.3) is 0 Å². The first-order chi connectivity index (χ1) is 3.81. The van der Waals surface area contributed by atoms with Gasteiger partial charge in [-0.1, -0.05) is 6.92 Å². The molecular formula is C5H8ClO2. The predicted molar refractivity (Wildman–Crippen MR) is 31.5 cm³/mol. The topological polar surface area (TPSA) is 26.3 Å². The van der Waals surface area contributed by atoms with E-state index in [0.717, 1.165) is 0 Å². The molecular weight excluding hydrogens is 128 g/mol. The molecule has 0 saturated heterocycles. The fraction of sp³-hybridized carbons (Fsp3) is 0.800. The number of alkyl halides is 1. The molecule has 0 aromatic heterocycles. The highest BCUT2D eigenvalue weighted by atomic mass is 35.5. The highest BCUT2D eigenvalue weighted by molar-refractivity contribution is 6.18. The van der Waals surface area contributed by atoms with Crippen LogP contribution in [0.5, 0.6) is 0 Å².